The Labute approximate surface area is 199 Å². The van der Waals surface area contributed by atoms with Crippen LogP contribution in [0.5, 0.6) is 0 Å². The molecule has 2 amide bonds. The van der Waals surface area contributed by atoms with Gasteiger partial charge in [0.05, 0.1) is 0 Å². The number of hydrogen-bond acceptors (Lipinski definition) is 4. The summed E-state index contributed by atoms with van der Waals surface area (Å²) >= 11 is 0. The second-order valence-electron chi connectivity index (χ2n) is 9.29. The van der Waals surface area contributed by atoms with Crippen LogP contribution in [0.4, 0.5) is 4.79 Å². The predicted molar refractivity (Wildman–Crippen MR) is 128 cm³/mol. The van der Waals surface area contributed by atoms with E-state index < -0.39 is 12.1 Å². The van der Waals surface area contributed by atoms with Crippen molar-refractivity contribution in [1.29, 1.82) is 0 Å². The number of rotatable bonds is 9. The van der Waals surface area contributed by atoms with Crippen molar-refractivity contribution in [2.75, 3.05) is 13.2 Å². The van der Waals surface area contributed by atoms with Gasteiger partial charge in [0, 0.05) is 30.8 Å². The molecule has 2 aromatic carbocycles. The fourth-order valence-corrected chi connectivity index (χ4v) is 5.15. The molecule has 1 fully saturated rings. The molecule has 0 heterocycles. The summed E-state index contributed by atoms with van der Waals surface area (Å²) in [4.78, 5) is 35.9. The largest absolute Gasteiger partial charge is 0.481 e. The lowest BCUT2D eigenvalue weighted by Crippen LogP contribution is -2.37. The second kappa shape index (κ2) is 10.7. The third kappa shape index (κ3) is 5.41. The van der Waals surface area contributed by atoms with E-state index in [-0.39, 0.29) is 42.7 Å². The Morgan fingerprint density at radius 2 is 1.68 bits per heavy atom. The van der Waals surface area contributed by atoms with Gasteiger partial charge in [-0.3, -0.25) is 9.59 Å². The Hall–Kier alpha value is -3.35. The number of carbonyl (C=O) groups is 3. The number of nitrogens with one attached hydrogen (secondary N) is 2. The minimum Gasteiger partial charge on any atom is -0.481 e. The van der Waals surface area contributed by atoms with Crippen molar-refractivity contribution >= 4 is 18.0 Å². The third-order valence-electron chi connectivity index (χ3n) is 7.07. The van der Waals surface area contributed by atoms with E-state index in [1.807, 2.05) is 31.2 Å². The Morgan fingerprint density at radius 3 is 2.29 bits per heavy atom. The molecule has 7 heteroatoms. The van der Waals surface area contributed by atoms with Crippen LogP contribution in [0.1, 0.15) is 56.1 Å². The number of aliphatic carboxylic acids is 1. The SMILES string of the molecule is CCC(CNC(=O)[C@H]1CC[C@@H](NC(=O)OCC2c3ccccc3-c3ccccc32)C1)CC(=O)O. The van der Waals surface area contributed by atoms with Crippen molar-refractivity contribution in [2.24, 2.45) is 11.8 Å². The third-order valence-corrected chi connectivity index (χ3v) is 7.07. The van der Waals surface area contributed by atoms with E-state index in [0.717, 1.165) is 0 Å². The van der Waals surface area contributed by atoms with Crippen LogP contribution in [0.15, 0.2) is 48.5 Å². The molecule has 2 aliphatic rings. The van der Waals surface area contributed by atoms with Crippen molar-refractivity contribution in [3.8, 4) is 11.1 Å². The zero-order chi connectivity index (χ0) is 24.1. The minimum absolute atomic E-state index is 0.0116. The fraction of sp³-hybridized carbons (Fsp3) is 0.444. The summed E-state index contributed by atoms with van der Waals surface area (Å²) in [5.74, 6) is -1.16. The molecule has 0 radical (unpaired) electrons. The first kappa shape index (κ1) is 23.8. The molecular weight excluding hydrogens is 432 g/mol. The van der Waals surface area contributed by atoms with Gasteiger partial charge in [0.1, 0.15) is 6.61 Å². The number of carboxylic acid groups (broad SMARTS) is 1. The van der Waals surface area contributed by atoms with E-state index in [9.17, 15) is 14.4 Å². The molecule has 0 saturated heterocycles. The highest BCUT2D eigenvalue weighted by atomic mass is 16.5. The lowest BCUT2D eigenvalue weighted by molar-refractivity contribution is -0.138. The molecule has 0 bridgehead atoms. The van der Waals surface area contributed by atoms with Crippen LogP contribution in [0.2, 0.25) is 0 Å². The van der Waals surface area contributed by atoms with E-state index in [1.54, 1.807) is 0 Å². The first-order chi connectivity index (χ1) is 16.5. The lowest BCUT2D eigenvalue weighted by atomic mass is 9.98. The fourth-order valence-electron chi connectivity index (χ4n) is 5.15. The molecule has 1 saturated carbocycles. The van der Waals surface area contributed by atoms with E-state index >= 15 is 0 Å². The number of ether oxygens (including phenoxy) is 1. The van der Waals surface area contributed by atoms with Crippen molar-refractivity contribution in [2.45, 2.75) is 51.0 Å². The van der Waals surface area contributed by atoms with Gasteiger partial charge in [-0.2, -0.15) is 0 Å². The van der Waals surface area contributed by atoms with E-state index in [2.05, 4.69) is 34.9 Å². The van der Waals surface area contributed by atoms with Crippen molar-refractivity contribution in [1.82, 2.24) is 10.6 Å². The average molecular weight is 465 g/mol. The number of carboxylic acids is 1. The highest BCUT2D eigenvalue weighted by Gasteiger charge is 2.32. The van der Waals surface area contributed by atoms with Gasteiger partial charge in [-0.25, -0.2) is 4.79 Å². The van der Waals surface area contributed by atoms with Crippen molar-refractivity contribution in [3.05, 3.63) is 59.7 Å². The summed E-state index contributed by atoms with van der Waals surface area (Å²) in [6, 6.07) is 16.3. The molecule has 3 N–H and O–H groups in total. The zero-order valence-corrected chi connectivity index (χ0v) is 19.5. The highest BCUT2D eigenvalue weighted by Crippen LogP contribution is 2.44. The summed E-state index contributed by atoms with van der Waals surface area (Å²) in [5, 5.41) is 14.8. The topological polar surface area (TPSA) is 105 Å². The van der Waals surface area contributed by atoms with Crippen LogP contribution >= 0.6 is 0 Å². The van der Waals surface area contributed by atoms with Crippen molar-refractivity contribution in [3.63, 3.8) is 0 Å². The molecule has 0 aromatic heterocycles. The maximum Gasteiger partial charge on any atom is 0.407 e. The lowest BCUT2D eigenvalue weighted by Gasteiger charge is -2.18. The van der Waals surface area contributed by atoms with Crippen molar-refractivity contribution < 1.29 is 24.2 Å². The van der Waals surface area contributed by atoms with Gasteiger partial charge in [0.2, 0.25) is 5.91 Å². The summed E-state index contributed by atoms with van der Waals surface area (Å²) in [6.45, 7) is 2.55. The van der Waals surface area contributed by atoms with Gasteiger partial charge in [0.15, 0.2) is 0 Å². The molecule has 0 aliphatic heterocycles. The summed E-state index contributed by atoms with van der Waals surface area (Å²) in [6.07, 6.45) is 2.26. The highest BCUT2D eigenvalue weighted by molar-refractivity contribution is 5.80. The number of fused-ring (bicyclic) bond motifs is 3. The maximum atomic E-state index is 12.5. The molecular formula is C27H32N2O5. The molecule has 4 rings (SSSR count). The van der Waals surface area contributed by atoms with Gasteiger partial charge < -0.3 is 20.5 Å². The first-order valence-electron chi connectivity index (χ1n) is 12.1. The van der Waals surface area contributed by atoms with Gasteiger partial charge in [0.25, 0.3) is 0 Å². The molecule has 0 spiro atoms. The monoisotopic (exact) mass is 464 g/mol. The zero-order valence-electron chi connectivity index (χ0n) is 19.5. The molecule has 2 aliphatic carbocycles. The van der Waals surface area contributed by atoms with E-state index in [0.29, 0.717) is 32.2 Å². The number of alkyl carbamates (subject to hydrolysis) is 1. The smallest absolute Gasteiger partial charge is 0.407 e. The average Bonchev–Trinajstić information content (AvgIpc) is 3.42. The second-order valence-corrected chi connectivity index (χ2v) is 9.29. The Bertz CT molecular complexity index is 1010. The minimum atomic E-state index is -0.852. The van der Waals surface area contributed by atoms with Crippen LogP contribution in [-0.4, -0.2) is 42.3 Å². The molecule has 2 aromatic rings. The maximum absolute atomic E-state index is 12.5. The first-order valence-corrected chi connectivity index (χ1v) is 12.1. The van der Waals surface area contributed by atoms with E-state index in [1.165, 1.54) is 22.3 Å². The molecule has 7 nitrogen and oxygen atoms in total. The number of carbonyl (C=O) groups excluding carboxylic acids is 2. The van der Waals surface area contributed by atoms with Crippen LogP contribution in [0.3, 0.4) is 0 Å². The predicted octanol–water partition coefficient (Wildman–Crippen LogP) is 4.31. The summed E-state index contributed by atoms with van der Waals surface area (Å²) in [5.41, 5.74) is 4.71. The Balaban J connectivity index is 1.25. The number of hydrogen-bond donors (Lipinski definition) is 3. The summed E-state index contributed by atoms with van der Waals surface area (Å²) in [7, 11) is 0. The quantitative estimate of drug-likeness (QED) is 0.513. The van der Waals surface area contributed by atoms with Crippen LogP contribution in [0, 0.1) is 11.8 Å². The van der Waals surface area contributed by atoms with Crippen LogP contribution < -0.4 is 10.6 Å². The standard InChI is InChI=1S/C27H32N2O5/c1-2-17(13-25(30)31)15-28-26(32)18-11-12-19(14-18)29-27(33)34-16-24-22-9-5-3-7-20(22)21-8-4-6-10-23(21)24/h3-10,17-19,24H,2,11-16H2,1H3,(H,28,32)(H,29,33)(H,30,31)/t17?,18-,19+/m0/s1. The summed E-state index contributed by atoms with van der Waals surface area (Å²) < 4.78 is 5.62. The van der Waals surface area contributed by atoms with Crippen LogP contribution in [-0.2, 0) is 14.3 Å². The molecule has 1 unspecified atom stereocenters. The Kier molecular flexibility index (Phi) is 7.50. The van der Waals surface area contributed by atoms with Gasteiger partial charge in [-0.15, -0.1) is 0 Å². The normalized spacial score (nSPS) is 19.7. The Morgan fingerprint density at radius 1 is 1.03 bits per heavy atom. The van der Waals surface area contributed by atoms with Crippen LogP contribution in [0.25, 0.3) is 11.1 Å². The van der Waals surface area contributed by atoms with Gasteiger partial charge in [-0.1, -0.05) is 61.9 Å². The molecule has 3 atom stereocenters. The van der Waals surface area contributed by atoms with E-state index in [4.69, 9.17) is 9.84 Å². The molecule has 180 valence electrons. The van der Waals surface area contributed by atoms with Gasteiger partial charge >= 0.3 is 12.1 Å². The van der Waals surface area contributed by atoms with Gasteiger partial charge in [-0.05, 0) is 47.4 Å². The molecule has 34 heavy (non-hydrogen) atoms. The number of amides is 2. The number of benzene rings is 2.